The molecule has 0 aromatic heterocycles. The Bertz CT molecular complexity index is 996. The summed E-state index contributed by atoms with van der Waals surface area (Å²) in [5.41, 5.74) is 1.40. The third-order valence-corrected chi connectivity index (χ3v) is 6.93. The van der Waals surface area contributed by atoms with Gasteiger partial charge in [-0.3, -0.25) is 4.90 Å². The summed E-state index contributed by atoms with van der Waals surface area (Å²) in [6.07, 6.45) is 0.944. The number of piperidine rings is 1. The molecule has 0 atom stereocenters. The highest BCUT2D eigenvalue weighted by atomic mass is 79.9. The molecule has 2 aliphatic heterocycles. The summed E-state index contributed by atoms with van der Waals surface area (Å²) < 4.78 is 6.76. The molecule has 31 heavy (non-hydrogen) atoms. The van der Waals surface area contributed by atoms with E-state index < -0.39 is 5.60 Å². The minimum atomic E-state index is -0.524. The third kappa shape index (κ3) is 5.27. The highest BCUT2D eigenvalue weighted by Gasteiger charge is 2.47. The van der Waals surface area contributed by atoms with Crippen molar-refractivity contribution >= 4 is 51.3 Å². The SMILES string of the molecule is O=C(NCc1ccc(Cl)c(Cl)c1)N1CCC2(CC1)CN(Cc1cccc(Br)c1)C(=O)O2. The smallest absolute Gasteiger partial charge is 0.410 e. The molecular weight excluding hydrogens is 505 g/mol. The summed E-state index contributed by atoms with van der Waals surface area (Å²) in [7, 11) is 0. The van der Waals surface area contributed by atoms with Crippen LogP contribution < -0.4 is 5.32 Å². The van der Waals surface area contributed by atoms with Crippen molar-refractivity contribution in [2.45, 2.75) is 31.5 Å². The Morgan fingerprint density at radius 1 is 1.10 bits per heavy atom. The number of benzene rings is 2. The van der Waals surface area contributed by atoms with Crippen LogP contribution in [0.2, 0.25) is 10.0 Å². The van der Waals surface area contributed by atoms with Crippen LogP contribution in [-0.4, -0.2) is 47.2 Å². The first kappa shape index (κ1) is 22.2. The fraction of sp³-hybridized carbons (Fsp3) is 0.364. The van der Waals surface area contributed by atoms with Crippen LogP contribution in [0.5, 0.6) is 0 Å². The number of hydrogen-bond acceptors (Lipinski definition) is 3. The second-order valence-electron chi connectivity index (χ2n) is 7.93. The number of urea groups is 1. The molecule has 6 nitrogen and oxygen atoms in total. The fourth-order valence-corrected chi connectivity index (χ4v) is 4.75. The number of amides is 3. The van der Waals surface area contributed by atoms with Gasteiger partial charge in [0.2, 0.25) is 0 Å². The second kappa shape index (κ2) is 9.27. The van der Waals surface area contributed by atoms with Crippen LogP contribution in [0.3, 0.4) is 0 Å². The Labute approximate surface area is 199 Å². The lowest BCUT2D eigenvalue weighted by Crippen LogP contribution is -2.51. The van der Waals surface area contributed by atoms with E-state index in [-0.39, 0.29) is 12.1 Å². The number of carbonyl (C=O) groups excluding carboxylic acids is 2. The molecule has 2 saturated heterocycles. The minimum absolute atomic E-state index is 0.142. The summed E-state index contributed by atoms with van der Waals surface area (Å²) in [4.78, 5) is 28.5. The van der Waals surface area contributed by atoms with Crippen molar-refractivity contribution < 1.29 is 14.3 Å². The maximum atomic E-state index is 12.6. The Balaban J connectivity index is 1.29. The quantitative estimate of drug-likeness (QED) is 0.576. The number of halogens is 3. The van der Waals surface area contributed by atoms with Gasteiger partial charge in [0, 0.05) is 43.5 Å². The Kier molecular flexibility index (Phi) is 6.65. The van der Waals surface area contributed by atoms with Gasteiger partial charge in [0.15, 0.2) is 0 Å². The first-order valence-electron chi connectivity index (χ1n) is 10.0. The first-order chi connectivity index (χ1) is 14.8. The summed E-state index contributed by atoms with van der Waals surface area (Å²) in [5, 5.41) is 3.86. The monoisotopic (exact) mass is 525 g/mol. The number of rotatable bonds is 4. The molecule has 2 aromatic rings. The molecule has 3 amide bonds. The van der Waals surface area contributed by atoms with E-state index in [9.17, 15) is 9.59 Å². The van der Waals surface area contributed by atoms with Gasteiger partial charge in [0.1, 0.15) is 5.60 Å². The molecule has 9 heteroatoms. The molecular formula is C22H22BrCl2N3O3. The van der Waals surface area contributed by atoms with E-state index in [1.807, 2.05) is 30.3 Å². The van der Waals surface area contributed by atoms with Gasteiger partial charge >= 0.3 is 12.1 Å². The van der Waals surface area contributed by atoms with Crippen LogP contribution >= 0.6 is 39.1 Å². The lowest BCUT2D eigenvalue weighted by Gasteiger charge is -2.37. The van der Waals surface area contributed by atoms with Gasteiger partial charge in [-0.05, 0) is 35.4 Å². The molecule has 0 radical (unpaired) electrons. The summed E-state index contributed by atoms with van der Waals surface area (Å²) in [5.74, 6) is 0. The fourth-order valence-electron chi connectivity index (χ4n) is 3.99. The van der Waals surface area contributed by atoms with Crippen LogP contribution in [0.15, 0.2) is 46.9 Å². The van der Waals surface area contributed by atoms with Crippen molar-refractivity contribution in [3.63, 3.8) is 0 Å². The summed E-state index contributed by atoms with van der Waals surface area (Å²) in [6, 6.07) is 13.0. The zero-order valence-corrected chi connectivity index (χ0v) is 19.8. The molecule has 164 valence electrons. The Hall–Kier alpha value is -1.96. The van der Waals surface area contributed by atoms with Crippen LogP contribution in [-0.2, 0) is 17.8 Å². The molecule has 2 fully saturated rings. The number of ether oxygens (including phenoxy) is 1. The van der Waals surface area contributed by atoms with E-state index in [1.165, 1.54) is 0 Å². The summed E-state index contributed by atoms with van der Waals surface area (Å²) in [6.45, 7) is 2.48. The molecule has 0 unspecified atom stereocenters. The number of likely N-dealkylation sites (tertiary alicyclic amines) is 1. The van der Waals surface area contributed by atoms with Crippen molar-refractivity contribution in [1.29, 1.82) is 0 Å². The highest BCUT2D eigenvalue weighted by molar-refractivity contribution is 9.10. The highest BCUT2D eigenvalue weighted by Crippen LogP contribution is 2.34. The topological polar surface area (TPSA) is 61.9 Å². The largest absolute Gasteiger partial charge is 0.441 e. The van der Waals surface area contributed by atoms with Gasteiger partial charge in [0.25, 0.3) is 0 Å². The number of nitrogens with zero attached hydrogens (tertiary/aromatic N) is 2. The molecule has 1 spiro atoms. The van der Waals surface area contributed by atoms with Gasteiger partial charge in [-0.2, -0.15) is 0 Å². The third-order valence-electron chi connectivity index (χ3n) is 5.69. The summed E-state index contributed by atoms with van der Waals surface area (Å²) >= 11 is 15.4. The molecule has 2 heterocycles. The average molecular weight is 527 g/mol. The zero-order valence-electron chi connectivity index (χ0n) is 16.7. The van der Waals surface area contributed by atoms with Crippen molar-refractivity contribution in [2.24, 2.45) is 0 Å². The molecule has 4 rings (SSSR count). The van der Waals surface area contributed by atoms with E-state index in [2.05, 4.69) is 21.2 Å². The van der Waals surface area contributed by atoms with E-state index in [0.29, 0.717) is 55.6 Å². The van der Waals surface area contributed by atoms with Crippen LogP contribution in [0.1, 0.15) is 24.0 Å². The molecule has 0 aliphatic carbocycles. The maximum Gasteiger partial charge on any atom is 0.410 e. The normalized spacial score (nSPS) is 17.7. The van der Waals surface area contributed by atoms with Crippen LogP contribution in [0.25, 0.3) is 0 Å². The van der Waals surface area contributed by atoms with E-state index in [0.717, 1.165) is 15.6 Å². The maximum absolute atomic E-state index is 12.6. The molecule has 0 bridgehead atoms. The standard InChI is InChI=1S/C22H22BrCl2N3O3/c23-17-3-1-2-16(10-17)13-28-14-22(31-21(28)30)6-8-27(9-7-22)20(29)26-12-15-4-5-18(24)19(25)11-15/h1-5,10-11H,6-9,12-14H2,(H,26,29). The molecule has 2 aliphatic rings. The van der Waals surface area contributed by atoms with Crippen molar-refractivity contribution in [3.05, 3.63) is 68.1 Å². The van der Waals surface area contributed by atoms with Crippen LogP contribution in [0.4, 0.5) is 9.59 Å². The lowest BCUT2D eigenvalue weighted by atomic mass is 9.91. The van der Waals surface area contributed by atoms with Crippen molar-refractivity contribution in [3.8, 4) is 0 Å². The number of hydrogen-bond donors (Lipinski definition) is 1. The van der Waals surface area contributed by atoms with Gasteiger partial charge in [-0.1, -0.05) is 57.3 Å². The van der Waals surface area contributed by atoms with E-state index in [4.69, 9.17) is 27.9 Å². The van der Waals surface area contributed by atoms with Gasteiger partial charge in [0.05, 0.1) is 16.6 Å². The molecule has 2 aromatic carbocycles. The predicted molar refractivity (Wildman–Crippen MR) is 123 cm³/mol. The molecule has 1 N–H and O–H groups in total. The zero-order chi connectivity index (χ0) is 22.0. The lowest BCUT2D eigenvalue weighted by molar-refractivity contribution is 0.00960. The Morgan fingerprint density at radius 3 is 2.58 bits per heavy atom. The average Bonchev–Trinajstić information content (AvgIpc) is 3.03. The van der Waals surface area contributed by atoms with Crippen LogP contribution in [0, 0.1) is 0 Å². The predicted octanol–water partition coefficient (Wildman–Crippen LogP) is 5.45. The van der Waals surface area contributed by atoms with Crippen molar-refractivity contribution in [1.82, 2.24) is 15.1 Å². The second-order valence-corrected chi connectivity index (χ2v) is 9.66. The first-order valence-corrected chi connectivity index (χ1v) is 11.6. The van der Waals surface area contributed by atoms with Gasteiger partial charge in [-0.25, -0.2) is 9.59 Å². The van der Waals surface area contributed by atoms with Gasteiger partial charge < -0.3 is 15.0 Å². The molecule has 0 saturated carbocycles. The van der Waals surface area contributed by atoms with Crippen molar-refractivity contribution in [2.75, 3.05) is 19.6 Å². The number of carbonyl (C=O) groups is 2. The van der Waals surface area contributed by atoms with E-state index >= 15 is 0 Å². The van der Waals surface area contributed by atoms with Gasteiger partial charge in [-0.15, -0.1) is 0 Å². The Morgan fingerprint density at radius 2 is 1.87 bits per heavy atom. The minimum Gasteiger partial charge on any atom is -0.441 e. The van der Waals surface area contributed by atoms with E-state index in [1.54, 1.807) is 21.9 Å². The number of nitrogens with one attached hydrogen (secondary N) is 1.